The highest BCUT2D eigenvalue weighted by Gasteiger charge is 2.52. The quantitative estimate of drug-likeness (QED) is 0.243. The molecule has 3 aliphatic carbocycles. The molecule has 4 N–H and O–H groups in total. The molecule has 13 nitrogen and oxygen atoms in total. The Balaban J connectivity index is 0.000000812. The number of rotatable bonds is 12. The molecule has 4 fully saturated rings. The highest BCUT2D eigenvalue weighted by molar-refractivity contribution is 6.38. The fourth-order valence-electron chi connectivity index (χ4n) is 7.08. The Bertz CT molecular complexity index is 1310. The summed E-state index contributed by atoms with van der Waals surface area (Å²) in [6.07, 6.45) is 18.2. The van der Waals surface area contributed by atoms with Gasteiger partial charge in [-0.1, -0.05) is 79.1 Å². The highest BCUT2D eigenvalue weighted by Crippen LogP contribution is 2.43. The smallest absolute Gasteiger partial charge is 0.289 e. The van der Waals surface area contributed by atoms with Crippen LogP contribution in [0.25, 0.3) is 0 Å². The van der Waals surface area contributed by atoms with E-state index in [1.807, 2.05) is 27.7 Å². The monoisotopic (exact) mass is 681 g/mol. The van der Waals surface area contributed by atoms with Crippen LogP contribution in [0.2, 0.25) is 0 Å². The predicted octanol–water partition coefficient (Wildman–Crippen LogP) is 2.84. The number of nitrogens with one attached hydrogen (secondary N) is 4. The average molecular weight is 682 g/mol. The van der Waals surface area contributed by atoms with Crippen LogP contribution in [0.15, 0.2) is 18.6 Å². The number of hydrogen-bond acceptors (Lipinski definition) is 8. The van der Waals surface area contributed by atoms with E-state index >= 15 is 0 Å². The van der Waals surface area contributed by atoms with E-state index in [1.54, 1.807) is 0 Å². The molecule has 0 radical (unpaired) electrons. The molecule has 0 aromatic carbocycles. The molecule has 0 bridgehead atoms. The van der Waals surface area contributed by atoms with Gasteiger partial charge in [-0.05, 0) is 49.4 Å². The number of aromatic nitrogens is 2. The molecule has 2 heterocycles. The summed E-state index contributed by atoms with van der Waals surface area (Å²) in [5.74, 6) is -3.32. The molecule has 1 aliphatic heterocycles. The summed E-state index contributed by atoms with van der Waals surface area (Å²) in [5.41, 5.74) is -0.664. The van der Waals surface area contributed by atoms with Gasteiger partial charge in [-0.2, -0.15) is 0 Å². The first-order valence-corrected chi connectivity index (χ1v) is 18.2. The summed E-state index contributed by atoms with van der Waals surface area (Å²) in [6, 6.07) is -2.78. The minimum atomic E-state index is -0.986. The predicted molar refractivity (Wildman–Crippen MR) is 183 cm³/mol. The van der Waals surface area contributed by atoms with Gasteiger partial charge >= 0.3 is 0 Å². The molecule has 5 rings (SSSR count). The fraction of sp³-hybridized carbons (Fsp3) is 0.722. The van der Waals surface area contributed by atoms with Gasteiger partial charge in [-0.25, -0.2) is 4.98 Å². The van der Waals surface area contributed by atoms with Gasteiger partial charge in [0.05, 0.1) is 18.8 Å². The Kier molecular flexibility index (Phi) is 13.7. The largest absolute Gasteiger partial charge is 0.347 e. The minimum Gasteiger partial charge on any atom is -0.347 e. The van der Waals surface area contributed by atoms with E-state index in [4.69, 9.17) is 0 Å². The number of hydrogen-bond donors (Lipinski definition) is 4. The molecule has 4 aliphatic rings. The van der Waals surface area contributed by atoms with Gasteiger partial charge in [0.1, 0.15) is 17.8 Å². The number of likely N-dealkylation sites (tertiary alicyclic amines) is 1. The first-order valence-electron chi connectivity index (χ1n) is 18.2. The molecular weight excluding hydrogens is 626 g/mol. The van der Waals surface area contributed by atoms with E-state index < -0.39 is 58.9 Å². The summed E-state index contributed by atoms with van der Waals surface area (Å²) in [4.78, 5) is 87.9. The van der Waals surface area contributed by atoms with Crippen molar-refractivity contribution >= 4 is 35.3 Å². The van der Waals surface area contributed by atoms with Crippen molar-refractivity contribution in [2.24, 2.45) is 17.3 Å². The van der Waals surface area contributed by atoms with E-state index in [2.05, 4.69) is 31.2 Å². The van der Waals surface area contributed by atoms with Crippen molar-refractivity contribution in [2.75, 3.05) is 13.1 Å². The molecule has 1 saturated heterocycles. The second-order valence-electron chi connectivity index (χ2n) is 15.0. The number of Topliss-reactive ketones (excluding diaryl/α,β-unsaturated/α-hetero) is 1. The number of ketones is 1. The van der Waals surface area contributed by atoms with Gasteiger partial charge in [0.2, 0.25) is 23.5 Å². The summed E-state index contributed by atoms with van der Waals surface area (Å²) in [7, 11) is 0. The average Bonchev–Trinajstić information content (AvgIpc) is 3.66. The van der Waals surface area contributed by atoms with E-state index in [0.29, 0.717) is 19.4 Å². The van der Waals surface area contributed by atoms with E-state index in [9.17, 15) is 28.8 Å². The first-order chi connectivity index (χ1) is 23.4. The zero-order valence-electron chi connectivity index (χ0n) is 29.6. The maximum Gasteiger partial charge on any atom is 0.289 e. The van der Waals surface area contributed by atoms with Gasteiger partial charge in [0.25, 0.3) is 11.8 Å². The van der Waals surface area contributed by atoms with Crippen LogP contribution in [0.4, 0.5) is 0 Å². The normalized spacial score (nSPS) is 22.8. The Morgan fingerprint density at radius 2 is 1.57 bits per heavy atom. The maximum atomic E-state index is 14.1. The highest BCUT2D eigenvalue weighted by atomic mass is 16.2. The summed E-state index contributed by atoms with van der Waals surface area (Å²) in [6.45, 7) is 7.29. The molecule has 0 spiro atoms. The van der Waals surface area contributed by atoms with Gasteiger partial charge in [0.15, 0.2) is 0 Å². The number of amides is 5. The van der Waals surface area contributed by atoms with E-state index in [0.717, 1.165) is 32.1 Å². The topological polar surface area (TPSA) is 180 Å². The van der Waals surface area contributed by atoms with Crippen molar-refractivity contribution in [3.8, 4) is 0 Å². The molecule has 1 aromatic rings. The van der Waals surface area contributed by atoms with Gasteiger partial charge < -0.3 is 26.2 Å². The lowest BCUT2D eigenvalue weighted by atomic mass is 9.85. The Hall–Kier alpha value is -3.90. The number of carbonyl (C=O) groups excluding carboxylic acids is 6. The van der Waals surface area contributed by atoms with Gasteiger partial charge in [0, 0.05) is 25.0 Å². The number of carbonyl (C=O) groups is 6. The lowest BCUT2D eigenvalue weighted by molar-refractivity contribution is -0.145. The Labute approximate surface area is 289 Å². The van der Waals surface area contributed by atoms with Gasteiger partial charge in [-0.3, -0.25) is 33.8 Å². The molecule has 0 unspecified atom stereocenters. The summed E-state index contributed by atoms with van der Waals surface area (Å²) in [5, 5.41) is 10.8. The van der Waals surface area contributed by atoms with Crippen molar-refractivity contribution in [3.63, 3.8) is 0 Å². The molecular formula is C36H55N7O6. The molecule has 3 saturated carbocycles. The Morgan fingerprint density at radius 1 is 0.898 bits per heavy atom. The van der Waals surface area contributed by atoms with Crippen LogP contribution in [0.5, 0.6) is 0 Å². The summed E-state index contributed by atoms with van der Waals surface area (Å²) >= 11 is 0. The number of nitrogens with zero attached hydrogens (tertiary/aromatic N) is 3. The van der Waals surface area contributed by atoms with Crippen LogP contribution in [0.1, 0.15) is 122 Å². The molecule has 49 heavy (non-hydrogen) atoms. The lowest BCUT2D eigenvalue weighted by Gasteiger charge is -2.36. The van der Waals surface area contributed by atoms with Crippen LogP contribution in [-0.4, -0.2) is 87.4 Å². The number of fused-ring (bicyclic) bond motifs is 1. The van der Waals surface area contributed by atoms with Crippen LogP contribution in [0, 0.1) is 17.3 Å². The molecule has 1 aromatic heterocycles. The SMILES string of the molecule is C1CCCCC1.CCC[C@H](NC(=O)[C@@H]1[C@H]2CCC[C@H]2CN1C(=O)[C@@H](NC(=O)CNC(=O)c1cnccn1)C(C)(C)C)C(=O)C(=O)NC1CC1. The van der Waals surface area contributed by atoms with E-state index in [-0.39, 0.29) is 30.1 Å². The van der Waals surface area contributed by atoms with Crippen LogP contribution in [-0.2, 0) is 24.0 Å². The summed E-state index contributed by atoms with van der Waals surface area (Å²) < 4.78 is 0. The van der Waals surface area contributed by atoms with Crippen molar-refractivity contribution in [3.05, 3.63) is 24.3 Å². The fourth-order valence-corrected chi connectivity index (χ4v) is 7.08. The molecule has 5 amide bonds. The second kappa shape index (κ2) is 17.7. The third kappa shape index (κ3) is 10.8. The van der Waals surface area contributed by atoms with Gasteiger partial charge in [-0.15, -0.1) is 0 Å². The van der Waals surface area contributed by atoms with Crippen molar-refractivity contribution in [1.82, 2.24) is 36.1 Å². The maximum absolute atomic E-state index is 14.1. The second-order valence-corrected chi connectivity index (χ2v) is 15.0. The first kappa shape index (κ1) is 37.9. The zero-order valence-corrected chi connectivity index (χ0v) is 29.6. The minimum absolute atomic E-state index is 0.0153. The third-order valence-electron chi connectivity index (χ3n) is 9.91. The Morgan fingerprint density at radius 3 is 2.14 bits per heavy atom. The zero-order chi connectivity index (χ0) is 35.6. The standard InChI is InChI=1S/C30H43N7O6.C6H12/c1-5-7-20(24(39)28(42)34-18-10-11-18)35-27(41)23-19-9-6-8-17(19)16-37(23)29(43)25(30(2,3)4)36-22(38)15-33-26(40)21-14-31-12-13-32-21;1-2-4-6-5-3-1/h12-14,17-20,23,25H,5-11,15-16H2,1-4H3,(H,33,40)(H,34,42)(H,35,41)(H,36,38);1-6H2/t17-,19-,20-,23-,25+;/m0./s1. The molecule has 5 atom stereocenters. The molecule has 270 valence electrons. The van der Waals surface area contributed by atoms with Crippen LogP contribution >= 0.6 is 0 Å². The van der Waals surface area contributed by atoms with Crippen LogP contribution < -0.4 is 21.3 Å². The third-order valence-corrected chi connectivity index (χ3v) is 9.91. The van der Waals surface area contributed by atoms with E-state index in [1.165, 1.54) is 62.0 Å². The lowest BCUT2D eigenvalue weighted by Crippen LogP contribution is -2.60. The van der Waals surface area contributed by atoms with Crippen molar-refractivity contribution in [2.45, 2.75) is 135 Å². The van der Waals surface area contributed by atoms with Crippen molar-refractivity contribution in [1.29, 1.82) is 0 Å². The van der Waals surface area contributed by atoms with Crippen LogP contribution in [0.3, 0.4) is 0 Å². The molecule has 13 heteroatoms. The van der Waals surface area contributed by atoms with Crippen molar-refractivity contribution < 1.29 is 28.8 Å².